The SMILES string of the molecule is Cc1c2nc3cc(Cc4c(C)c5nc6ccccc6oc-5c(-c5ccc(N6CCNCC6)cc5)c4=O)ccc3oc-2c(-c2ccc(N3CCN(CC(F)(F)F)CC3)cc2)c(=O)c1C. The van der Waals surface area contributed by atoms with E-state index in [0.29, 0.717) is 111 Å². The van der Waals surface area contributed by atoms with Gasteiger partial charge in [-0.25, -0.2) is 9.97 Å². The number of fused-ring (bicyclic) bond motifs is 4. The molecule has 6 aliphatic rings. The highest BCUT2D eigenvalue weighted by atomic mass is 19.4. The van der Waals surface area contributed by atoms with Crippen molar-refractivity contribution in [2.45, 2.75) is 33.4 Å². The van der Waals surface area contributed by atoms with Gasteiger partial charge in [-0.3, -0.25) is 14.5 Å². The van der Waals surface area contributed by atoms with Crippen molar-refractivity contribution < 1.29 is 22.0 Å². The number of nitrogens with one attached hydrogen (secondary N) is 1. The second-order valence-corrected chi connectivity index (χ2v) is 16.7. The number of para-hydroxylation sites is 2. The molecule has 2 fully saturated rings. The lowest BCUT2D eigenvalue weighted by Gasteiger charge is -2.36. The number of halogens is 3. The van der Waals surface area contributed by atoms with E-state index in [4.69, 9.17) is 18.8 Å². The van der Waals surface area contributed by atoms with Gasteiger partial charge in [0, 0.05) is 81.3 Å². The minimum atomic E-state index is -4.23. The van der Waals surface area contributed by atoms with Crippen LogP contribution in [0.5, 0.6) is 0 Å². The number of piperazine rings is 2. The van der Waals surface area contributed by atoms with E-state index in [2.05, 4.69) is 27.2 Å². The first kappa shape index (κ1) is 40.5. The van der Waals surface area contributed by atoms with Gasteiger partial charge in [0.2, 0.25) is 0 Å². The minimum absolute atomic E-state index is 0.124. The molecule has 13 heteroatoms. The van der Waals surface area contributed by atoms with Gasteiger partial charge in [-0.05, 0) is 97.1 Å². The summed E-state index contributed by atoms with van der Waals surface area (Å²) in [5.41, 5.74) is 11.0. The Kier molecular flexibility index (Phi) is 10.3. The minimum Gasteiger partial charge on any atom is -0.452 e. The van der Waals surface area contributed by atoms with Crippen molar-refractivity contribution in [3.05, 3.63) is 139 Å². The van der Waals surface area contributed by atoms with Crippen LogP contribution < -0.4 is 26.0 Å². The zero-order valence-electron chi connectivity index (χ0n) is 35.2. The molecule has 2 saturated heterocycles. The quantitative estimate of drug-likeness (QED) is 0.156. The van der Waals surface area contributed by atoms with Crippen molar-refractivity contribution in [1.82, 2.24) is 20.2 Å². The molecule has 4 aromatic rings. The Bertz CT molecular complexity index is 3080. The highest BCUT2D eigenvalue weighted by molar-refractivity contribution is 5.88. The summed E-state index contributed by atoms with van der Waals surface area (Å²) < 4.78 is 51.9. The van der Waals surface area contributed by atoms with Gasteiger partial charge in [-0.15, -0.1) is 0 Å². The van der Waals surface area contributed by atoms with E-state index in [-0.39, 0.29) is 10.9 Å². The molecule has 0 saturated carbocycles. The standard InChI is InChI=1S/C50H45F3N6O4/c1-29-30(2)46(60)42(33-9-15-36(16-10-33)59-24-22-57(23-25-59)28-50(51,52)53)48-44(29)56-39-27-32(8-17-41(39)63-48)26-37-31(3)45-49(62-40-7-5-4-6-38(40)55-45)43(47(37)61)34-11-13-35(14-12-34)58-20-18-54-19-21-58/h4-17,27,54H,18-26,28H2,1-3H3. The summed E-state index contributed by atoms with van der Waals surface area (Å²) in [6, 6.07) is 28.9. The fourth-order valence-corrected chi connectivity index (χ4v) is 9.15. The van der Waals surface area contributed by atoms with Gasteiger partial charge < -0.3 is 24.0 Å². The number of hydrogen-bond donors (Lipinski definition) is 1. The number of benzene rings is 6. The molecular formula is C50H45F3N6O4. The van der Waals surface area contributed by atoms with Gasteiger partial charge in [-0.2, -0.15) is 13.2 Å². The maximum atomic E-state index is 14.8. The zero-order chi connectivity index (χ0) is 43.6. The van der Waals surface area contributed by atoms with Crippen LogP contribution in [0.1, 0.15) is 27.8 Å². The van der Waals surface area contributed by atoms with Crippen LogP contribution in [0.4, 0.5) is 24.5 Å². The van der Waals surface area contributed by atoms with Crippen LogP contribution in [0.25, 0.3) is 67.4 Å². The molecule has 10 nitrogen and oxygen atoms in total. The van der Waals surface area contributed by atoms with E-state index in [1.165, 1.54) is 4.90 Å². The van der Waals surface area contributed by atoms with Crippen molar-refractivity contribution in [1.29, 1.82) is 0 Å². The predicted octanol–water partition coefficient (Wildman–Crippen LogP) is 8.84. The Morgan fingerprint density at radius 3 is 1.81 bits per heavy atom. The van der Waals surface area contributed by atoms with Crippen LogP contribution >= 0.6 is 0 Å². The van der Waals surface area contributed by atoms with E-state index in [0.717, 1.165) is 54.2 Å². The summed E-state index contributed by atoms with van der Waals surface area (Å²) in [5, 5.41) is 3.40. The molecule has 10 rings (SSSR count). The molecule has 63 heavy (non-hydrogen) atoms. The molecule has 0 amide bonds. The third-order valence-corrected chi connectivity index (χ3v) is 12.8. The van der Waals surface area contributed by atoms with E-state index in [1.54, 1.807) is 6.92 Å². The van der Waals surface area contributed by atoms with Crippen LogP contribution in [-0.2, 0) is 6.42 Å². The van der Waals surface area contributed by atoms with Gasteiger partial charge in [0.25, 0.3) is 0 Å². The Morgan fingerprint density at radius 2 is 1.17 bits per heavy atom. The Hall–Kier alpha value is -6.57. The Morgan fingerprint density at radius 1 is 0.619 bits per heavy atom. The molecule has 0 bridgehead atoms. The molecule has 0 aromatic heterocycles. The highest BCUT2D eigenvalue weighted by Gasteiger charge is 2.33. The van der Waals surface area contributed by atoms with Crippen molar-refractivity contribution in [2.24, 2.45) is 0 Å². The molecule has 0 atom stereocenters. The summed E-state index contributed by atoms with van der Waals surface area (Å²) in [7, 11) is 0. The lowest BCUT2D eigenvalue weighted by Crippen LogP contribution is -2.49. The van der Waals surface area contributed by atoms with Crippen LogP contribution in [0.15, 0.2) is 109 Å². The first-order valence-corrected chi connectivity index (χ1v) is 21.3. The van der Waals surface area contributed by atoms with Crippen LogP contribution in [0.3, 0.4) is 0 Å². The largest absolute Gasteiger partial charge is 0.452 e. The topological polar surface area (TPSA) is 108 Å². The molecule has 4 heterocycles. The number of rotatable bonds is 7. The van der Waals surface area contributed by atoms with Crippen LogP contribution in [-0.4, -0.2) is 79.9 Å². The Balaban J connectivity index is 1.01. The number of anilines is 2. The maximum Gasteiger partial charge on any atom is 0.401 e. The van der Waals surface area contributed by atoms with Gasteiger partial charge in [0.15, 0.2) is 33.5 Å². The summed E-state index contributed by atoms with van der Waals surface area (Å²) >= 11 is 0. The predicted molar refractivity (Wildman–Crippen MR) is 241 cm³/mol. The van der Waals surface area contributed by atoms with Crippen molar-refractivity contribution in [3.8, 4) is 45.2 Å². The van der Waals surface area contributed by atoms with Crippen LogP contribution in [0.2, 0.25) is 0 Å². The molecule has 0 radical (unpaired) electrons. The summed E-state index contributed by atoms with van der Waals surface area (Å²) in [4.78, 5) is 44.7. The van der Waals surface area contributed by atoms with E-state index in [1.807, 2.05) is 92.7 Å². The molecule has 0 spiro atoms. The smallest absolute Gasteiger partial charge is 0.401 e. The second kappa shape index (κ2) is 16.0. The van der Waals surface area contributed by atoms with Crippen molar-refractivity contribution >= 4 is 33.6 Å². The van der Waals surface area contributed by atoms with Crippen molar-refractivity contribution in [3.63, 3.8) is 0 Å². The average molecular weight is 851 g/mol. The fraction of sp³-hybridized carbons (Fsp3) is 0.280. The summed E-state index contributed by atoms with van der Waals surface area (Å²) in [6.07, 6.45) is -3.92. The third kappa shape index (κ3) is 7.59. The molecule has 4 aromatic carbocycles. The molecular weight excluding hydrogens is 806 g/mol. The zero-order valence-corrected chi connectivity index (χ0v) is 35.2. The normalized spacial score (nSPS) is 15.3. The lowest BCUT2D eigenvalue weighted by atomic mass is 9.90. The first-order chi connectivity index (χ1) is 30.4. The average Bonchev–Trinajstić information content (AvgIpc) is 3.29. The summed E-state index contributed by atoms with van der Waals surface area (Å²) in [5.74, 6) is 0.829. The maximum absolute atomic E-state index is 14.8. The number of nitrogens with zero attached hydrogens (tertiary/aromatic N) is 5. The number of alkyl halides is 3. The molecule has 0 unspecified atom stereocenters. The molecule has 320 valence electrons. The molecule has 4 aliphatic heterocycles. The van der Waals surface area contributed by atoms with Crippen molar-refractivity contribution in [2.75, 3.05) is 68.7 Å². The lowest BCUT2D eigenvalue weighted by molar-refractivity contribution is -0.146. The first-order valence-electron chi connectivity index (χ1n) is 21.3. The van der Waals surface area contributed by atoms with Crippen LogP contribution in [0, 0.1) is 20.8 Å². The van der Waals surface area contributed by atoms with E-state index >= 15 is 0 Å². The van der Waals surface area contributed by atoms with Gasteiger partial charge >= 0.3 is 6.18 Å². The summed E-state index contributed by atoms with van der Waals surface area (Å²) in [6.45, 7) is 9.88. The molecule has 2 aliphatic carbocycles. The van der Waals surface area contributed by atoms with E-state index < -0.39 is 12.7 Å². The third-order valence-electron chi connectivity index (χ3n) is 12.8. The fourth-order valence-electron chi connectivity index (χ4n) is 9.15. The molecule has 1 N–H and O–H groups in total. The Labute approximate surface area is 361 Å². The number of aromatic nitrogens is 2. The second-order valence-electron chi connectivity index (χ2n) is 16.7. The van der Waals surface area contributed by atoms with Gasteiger partial charge in [0.1, 0.15) is 22.4 Å². The monoisotopic (exact) mass is 850 g/mol. The highest BCUT2D eigenvalue weighted by Crippen LogP contribution is 2.39. The number of hydrogen-bond acceptors (Lipinski definition) is 10. The van der Waals surface area contributed by atoms with Gasteiger partial charge in [-0.1, -0.05) is 42.5 Å². The van der Waals surface area contributed by atoms with E-state index in [9.17, 15) is 22.8 Å². The van der Waals surface area contributed by atoms with Gasteiger partial charge in [0.05, 0.1) is 17.7 Å².